The van der Waals surface area contributed by atoms with E-state index in [1.807, 2.05) is 13.8 Å². The van der Waals surface area contributed by atoms with Gasteiger partial charge in [-0.2, -0.15) is 0 Å². The molecule has 0 amide bonds. The van der Waals surface area contributed by atoms with Gasteiger partial charge in [-0.1, -0.05) is 0 Å². The summed E-state index contributed by atoms with van der Waals surface area (Å²) in [4.78, 5) is 4.75. The Morgan fingerprint density at radius 3 is 2.96 bits per heavy atom. The van der Waals surface area contributed by atoms with E-state index in [0.29, 0.717) is 17.0 Å². The van der Waals surface area contributed by atoms with Crippen LogP contribution in [-0.2, 0) is 5.21 Å². The molecule has 2 heterocycles. The van der Waals surface area contributed by atoms with Gasteiger partial charge in [0.1, 0.15) is 0 Å². The van der Waals surface area contributed by atoms with Crippen molar-refractivity contribution in [1.82, 2.24) is 5.06 Å². The number of hydroxylamine groups is 2. The van der Waals surface area contributed by atoms with Gasteiger partial charge in [-0.05, 0) is 0 Å². The van der Waals surface area contributed by atoms with E-state index in [4.69, 9.17) is 15.0 Å². The Balaban J connectivity index is 2.10. The Morgan fingerprint density at radius 1 is 1.48 bits per heavy atom. The third-order valence-electron chi connectivity index (χ3n) is 4.27. The van der Waals surface area contributed by atoms with Gasteiger partial charge >= 0.3 is 143 Å². The number of hydrogen-bond donors (Lipinski definition) is 0. The van der Waals surface area contributed by atoms with Crippen molar-refractivity contribution in [2.45, 2.75) is 55.5 Å². The molecule has 1 saturated heterocycles. The normalized spacial score (nSPS) is 26.1. The molecule has 1 atom stereocenters. The predicted molar refractivity (Wildman–Crippen MR) is 88.3 cm³/mol. The molecule has 0 bridgehead atoms. The number of benzene rings is 1. The summed E-state index contributed by atoms with van der Waals surface area (Å²) in [5.41, 5.74) is 1.56. The van der Waals surface area contributed by atoms with Gasteiger partial charge in [-0.3, -0.25) is 0 Å². The van der Waals surface area contributed by atoms with Crippen molar-refractivity contribution in [1.29, 1.82) is 5.26 Å². The third-order valence-corrected chi connectivity index (χ3v) is 6.97. The molecule has 121 valence electrons. The van der Waals surface area contributed by atoms with Gasteiger partial charge in [-0.25, -0.2) is 0 Å². The van der Waals surface area contributed by atoms with Crippen molar-refractivity contribution < 1.29 is 9.94 Å². The topological polar surface area (TPSA) is 68.5 Å². The van der Waals surface area contributed by atoms with Crippen LogP contribution in [-0.4, -0.2) is 35.9 Å². The molecular formula is C17H20N3O2Se. The van der Waals surface area contributed by atoms with Crippen molar-refractivity contribution in [2.24, 2.45) is 4.99 Å². The van der Waals surface area contributed by atoms with Crippen LogP contribution in [0.5, 0.6) is 5.75 Å². The summed E-state index contributed by atoms with van der Waals surface area (Å²) in [5, 5.41) is 24.3. The van der Waals surface area contributed by atoms with Gasteiger partial charge in [0.05, 0.1) is 0 Å². The summed E-state index contributed by atoms with van der Waals surface area (Å²) < 4.78 is 5.34. The number of aliphatic imine (C=N–C) groups is 1. The molecule has 1 spiro atoms. The van der Waals surface area contributed by atoms with E-state index in [1.165, 1.54) is 0 Å². The summed E-state index contributed by atoms with van der Waals surface area (Å²) in [6.07, 6.45) is 2.51. The van der Waals surface area contributed by atoms with Crippen molar-refractivity contribution in [2.75, 3.05) is 0 Å². The fourth-order valence-corrected chi connectivity index (χ4v) is 6.48. The molecule has 0 aliphatic carbocycles. The van der Waals surface area contributed by atoms with E-state index in [2.05, 4.69) is 13.0 Å². The van der Waals surface area contributed by atoms with E-state index >= 15 is 0 Å². The number of nitriles is 1. The van der Waals surface area contributed by atoms with E-state index in [1.54, 1.807) is 18.2 Å². The van der Waals surface area contributed by atoms with E-state index in [0.717, 1.165) is 35.4 Å². The molecule has 1 aromatic carbocycles. The Labute approximate surface area is 143 Å². The van der Waals surface area contributed by atoms with E-state index in [9.17, 15) is 5.21 Å². The maximum atomic E-state index is 13.1. The summed E-state index contributed by atoms with van der Waals surface area (Å²) >= 11 is 0.00383. The molecule has 0 unspecified atom stereocenters. The van der Waals surface area contributed by atoms with Gasteiger partial charge in [0.15, 0.2) is 0 Å². The zero-order chi connectivity index (χ0) is 16.7. The van der Waals surface area contributed by atoms with Crippen LogP contribution >= 0.6 is 0 Å². The van der Waals surface area contributed by atoms with Crippen LogP contribution < -0.4 is 4.74 Å². The molecule has 2 aliphatic heterocycles. The minimum atomic E-state index is -0.939. The second kappa shape index (κ2) is 5.92. The first-order chi connectivity index (χ1) is 10.9. The third kappa shape index (κ3) is 2.68. The zero-order valence-corrected chi connectivity index (χ0v) is 15.3. The molecule has 23 heavy (non-hydrogen) atoms. The zero-order valence-electron chi connectivity index (χ0n) is 13.6. The molecule has 0 N–H and O–H groups in total. The quantitative estimate of drug-likeness (QED) is 0.742. The molecule has 5 nitrogen and oxygen atoms in total. The Kier molecular flexibility index (Phi) is 4.24. The van der Waals surface area contributed by atoms with Crippen LogP contribution in [0.3, 0.4) is 0 Å². The van der Waals surface area contributed by atoms with Crippen LogP contribution in [0.1, 0.15) is 45.6 Å². The first-order valence-electron chi connectivity index (χ1n) is 7.85. The van der Waals surface area contributed by atoms with Crippen LogP contribution in [0.25, 0.3) is 0 Å². The molecule has 1 fully saturated rings. The van der Waals surface area contributed by atoms with Crippen molar-refractivity contribution in [3.05, 3.63) is 23.8 Å². The number of fused-ring (bicyclic) bond motifs is 1. The summed E-state index contributed by atoms with van der Waals surface area (Å²) in [7, 11) is 0. The van der Waals surface area contributed by atoms with Crippen molar-refractivity contribution in [3.63, 3.8) is 0 Å². The molecular weight excluding hydrogens is 357 g/mol. The molecule has 0 aromatic heterocycles. The Morgan fingerprint density at radius 2 is 2.26 bits per heavy atom. The monoisotopic (exact) mass is 378 g/mol. The van der Waals surface area contributed by atoms with Crippen molar-refractivity contribution >= 4 is 26.4 Å². The van der Waals surface area contributed by atoms with Crippen LogP contribution in [0.4, 0.5) is 5.69 Å². The van der Waals surface area contributed by atoms with Gasteiger partial charge < -0.3 is 0 Å². The summed E-state index contributed by atoms with van der Waals surface area (Å²) in [5.74, 6) is 0.601. The standard InChI is InChI=1S/C17H20N3O2Se/c1-4-5-15-17(20(21)16(2,3)8-9-23-17)22-14-7-6-12(11-18)10-13(14)19-15/h6-7,10H,4-5,8-9H2,1-3H3/t17-/m1/s1. The Bertz CT molecular complexity index is 696. The molecule has 6 heteroatoms. The number of nitrogens with zero attached hydrogens (tertiary/aromatic N) is 3. The average molecular weight is 377 g/mol. The van der Waals surface area contributed by atoms with Crippen LogP contribution in [0.2, 0.25) is 5.32 Å². The first-order valence-corrected chi connectivity index (χ1v) is 9.92. The second-order valence-corrected chi connectivity index (χ2v) is 9.12. The van der Waals surface area contributed by atoms with Gasteiger partial charge in [0.25, 0.3) is 0 Å². The fraction of sp³-hybridized carbons (Fsp3) is 0.529. The van der Waals surface area contributed by atoms with Gasteiger partial charge in [0, 0.05) is 0 Å². The fourth-order valence-electron chi connectivity index (χ4n) is 2.90. The number of ether oxygens (including phenoxy) is 1. The van der Waals surface area contributed by atoms with Crippen LogP contribution in [0, 0.1) is 11.3 Å². The summed E-state index contributed by atoms with van der Waals surface area (Å²) in [6, 6.07) is 7.32. The SMILES string of the molecule is CCCC1=Nc2cc(C#N)ccc2O[C@@]12[Se]CCC(C)(C)N2[O]. The molecule has 0 saturated carbocycles. The molecule has 2 aliphatic rings. The second-order valence-electron chi connectivity index (χ2n) is 6.49. The molecule has 1 radical (unpaired) electrons. The summed E-state index contributed by atoms with van der Waals surface area (Å²) in [6.45, 7) is 6.02. The van der Waals surface area contributed by atoms with E-state index in [-0.39, 0.29) is 15.0 Å². The first kappa shape index (κ1) is 16.5. The van der Waals surface area contributed by atoms with E-state index < -0.39 is 10.2 Å². The Hall–Kier alpha value is -1.38. The van der Waals surface area contributed by atoms with Gasteiger partial charge in [0.2, 0.25) is 0 Å². The number of hydrogen-bond acceptors (Lipinski definition) is 4. The minimum absolute atomic E-state index is 0.00383. The maximum absolute atomic E-state index is 13.1. The van der Waals surface area contributed by atoms with Crippen molar-refractivity contribution in [3.8, 4) is 11.8 Å². The molecule has 3 rings (SSSR count). The number of rotatable bonds is 2. The molecule has 1 aromatic rings. The van der Waals surface area contributed by atoms with Crippen LogP contribution in [0.15, 0.2) is 23.2 Å². The van der Waals surface area contributed by atoms with Gasteiger partial charge in [-0.15, -0.1) is 0 Å². The average Bonchev–Trinajstić information content (AvgIpc) is 2.53. The predicted octanol–water partition coefficient (Wildman–Crippen LogP) is 3.43.